The zero-order valence-electron chi connectivity index (χ0n) is 13.5. The Morgan fingerprint density at radius 2 is 1.68 bits per heavy atom. The molecule has 0 amide bonds. The van der Waals surface area contributed by atoms with Gasteiger partial charge in [-0.05, 0) is 34.9 Å². The van der Waals surface area contributed by atoms with Crippen molar-refractivity contribution in [3.05, 3.63) is 96.6 Å². The Morgan fingerprint density at radius 3 is 2.48 bits per heavy atom. The molecule has 2 aromatic carbocycles. The number of imidazole rings is 1. The molecule has 0 aliphatic carbocycles. The van der Waals surface area contributed by atoms with Crippen LogP contribution in [0.1, 0.15) is 11.5 Å². The number of nitrogens with zero attached hydrogens (tertiary/aromatic N) is 2. The number of aromatic amines is 1. The zero-order chi connectivity index (χ0) is 17.1. The van der Waals surface area contributed by atoms with Gasteiger partial charge in [-0.2, -0.15) is 0 Å². The van der Waals surface area contributed by atoms with Crippen molar-refractivity contribution in [2.24, 2.45) is 0 Å². The molecule has 0 saturated heterocycles. The molecule has 0 radical (unpaired) electrons. The number of halogens is 1. The Labute approximate surface area is 145 Å². The Kier molecular flexibility index (Phi) is 4.09. The summed E-state index contributed by atoms with van der Waals surface area (Å²) < 4.78 is 13.9. The Hall–Kier alpha value is -3.27. The van der Waals surface area contributed by atoms with Crippen LogP contribution in [0.4, 0.5) is 4.39 Å². The second kappa shape index (κ2) is 6.69. The molecule has 2 heterocycles. The molecule has 0 bridgehead atoms. The van der Waals surface area contributed by atoms with Gasteiger partial charge >= 0.3 is 0 Å². The molecular weight excluding hydrogens is 313 g/mol. The van der Waals surface area contributed by atoms with Gasteiger partial charge in [0.1, 0.15) is 11.6 Å². The first-order valence-corrected chi connectivity index (χ1v) is 8.09. The predicted molar refractivity (Wildman–Crippen MR) is 96.5 cm³/mol. The molecular formula is C21H16FN3. The van der Waals surface area contributed by atoms with Crippen molar-refractivity contribution in [3.8, 4) is 22.3 Å². The molecule has 2 aromatic heterocycles. The molecule has 1 N–H and O–H groups in total. The average Bonchev–Trinajstić information content (AvgIpc) is 3.16. The number of hydrogen-bond donors (Lipinski definition) is 1. The lowest BCUT2D eigenvalue weighted by Gasteiger charge is -2.13. The molecule has 0 unspecified atom stereocenters. The smallest absolute Gasteiger partial charge is 0.123 e. The first-order valence-electron chi connectivity index (χ1n) is 8.09. The molecule has 122 valence electrons. The standard InChI is InChI=1S/C21H16FN3/c22-16-8-9-17(19(13-16)15-5-2-1-3-6-15)18-7-4-10-23-20(18)14-21-24-11-12-25-21/h1-13H,14H2,(H,24,25). The summed E-state index contributed by atoms with van der Waals surface area (Å²) in [4.78, 5) is 11.9. The maximum Gasteiger partial charge on any atom is 0.123 e. The van der Waals surface area contributed by atoms with E-state index in [2.05, 4.69) is 15.0 Å². The van der Waals surface area contributed by atoms with Gasteiger partial charge in [-0.15, -0.1) is 0 Å². The number of nitrogens with one attached hydrogen (secondary N) is 1. The summed E-state index contributed by atoms with van der Waals surface area (Å²) in [5.41, 5.74) is 4.68. The average molecular weight is 329 g/mol. The first-order chi connectivity index (χ1) is 12.3. The highest BCUT2D eigenvalue weighted by molar-refractivity contribution is 5.84. The minimum absolute atomic E-state index is 0.251. The number of aromatic nitrogens is 3. The second-order valence-electron chi connectivity index (χ2n) is 5.77. The van der Waals surface area contributed by atoms with Gasteiger partial charge in [0.15, 0.2) is 0 Å². The summed E-state index contributed by atoms with van der Waals surface area (Å²) in [6.07, 6.45) is 5.89. The van der Waals surface area contributed by atoms with Crippen LogP contribution in [0.25, 0.3) is 22.3 Å². The molecule has 4 aromatic rings. The van der Waals surface area contributed by atoms with E-state index in [9.17, 15) is 4.39 Å². The number of H-pyrrole nitrogens is 1. The fraction of sp³-hybridized carbons (Fsp3) is 0.0476. The number of benzene rings is 2. The maximum absolute atomic E-state index is 13.9. The molecule has 0 aliphatic rings. The topological polar surface area (TPSA) is 41.6 Å². The van der Waals surface area contributed by atoms with Crippen LogP contribution in [-0.4, -0.2) is 15.0 Å². The van der Waals surface area contributed by atoms with E-state index in [-0.39, 0.29) is 5.82 Å². The summed E-state index contributed by atoms with van der Waals surface area (Å²) in [6, 6.07) is 18.6. The molecule has 0 spiro atoms. The van der Waals surface area contributed by atoms with Crippen LogP contribution in [-0.2, 0) is 6.42 Å². The van der Waals surface area contributed by atoms with E-state index in [1.807, 2.05) is 48.5 Å². The van der Waals surface area contributed by atoms with Crippen LogP contribution in [0.3, 0.4) is 0 Å². The van der Waals surface area contributed by atoms with Crippen LogP contribution in [0, 0.1) is 5.82 Å². The van der Waals surface area contributed by atoms with Crippen molar-refractivity contribution in [2.75, 3.05) is 0 Å². The SMILES string of the molecule is Fc1ccc(-c2cccnc2Cc2ncc[nH]2)c(-c2ccccc2)c1. The molecule has 4 rings (SSSR count). The van der Waals surface area contributed by atoms with Crippen LogP contribution < -0.4 is 0 Å². The van der Waals surface area contributed by atoms with Crippen LogP contribution in [0.5, 0.6) is 0 Å². The van der Waals surface area contributed by atoms with Crippen molar-refractivity contribution >= 4 is 0 Å². The molecule has 0 saturated carbocycles. The molecule has 0 fully saturated rings. The van der Waals surface area contributed by atoms with E-state index < -0.39 is 0 Å². The molecule has 25 heavy (non-hydrogen) atoms. The molecule has 0 aliphatic heterocycles. The van der Waals surface area contributed by atoms with E-state index in [1.165, 1.54) is 6.07 Å². The van der Waals surface area contributed by atoms with Crippen molar-refractivity contribution in [1.82, 2.24) is 15.0 Å². The molecule has 4 heteroatoms. The van der Waals surface area contributed by atoms with Gasteiger partial charge < -0.3 is 4.98 Å². The van der Waals surface area contributed by atoms with E-state index in [0.717, 1.165) is 33.8 Å². The first kappa shape index (κ1) is 15.3. The lowest BCUT2D eigenvalue weighted by atomic mass is 9.93. The maximum atomic E-state index is 13.9. The van der Waals surface area contributed by atoms with Crippen LogP contribution >= 0.6 is 0 Å². The Bertz CT molecular complexity index is 979. The second-order valence-corrected chi connectivity index (χ2v) is 5.77. The van der Waals surface area contributed by atoms with E-state index in [0.29, 0.717) is 6.42 Å². The third kappa shape index (κ3) is 3.19. The monoisotopic (exact) mass is 329 g/mol. The largest absolute Gasteiger partial charge is 0.348 e. The van der Waals surface area contributed by atoms with Crippen molar-refractivity contribution in [2.45, 2.75) is 6.42 Å². The minimum Gasteiger partial charge on any atom is -0.348 e. The van der Waals surface area contributed by atoms with Crippen LogP contribution in [0.2, 0.25) is 0 Å². The summed E-state index contributed by atoms with van der Waals surface area (Å²) in [5.74, 6) is 0.599. The predicted octanol–water partition coefficient (Wildman–Crippen LogP) is 4.87. The van der Waals surface area contributed by atoms with Gasteiger partial charge in [-0.25, -0.2) is 9.37 Å². The van der Waals surface area contributed by atoms with Gasteiger partial charge in [-0.3, -0.25) is 4.98 Å². The van der Waals surface area contributed by atoms with Gasteiger partial charge in [0, 0.05) is 30.6 Å². The lowest BCUT2D eigenvalue weighted by molar-refractivity contribution is 0.628. The fourth-order valence-corrected chi connectivity index (χ4v) is 2.99. The van der Waals surface area contributed by atoms with E-state index in [4.69, 9.17) is 0 Å². The van der Waals surface area contributed by atoms with Crippen molar-refractivity contribution in [1.29, 1.82) is 0 Å². The number of hydrogen-bond acceptors (Lipinski definition) is 2. The third-order valence-electron chi connectivity index (χ3n) is 4.14. The zero-order valence-corrected chi connectivity index (χ0v) is 13.5. The quantitative estimate of drug-likeness (QED) is 0.580. The summed E-state index contributed by atoms with van der Waals surface area (Å²) in [6.45, 7) is 0. The van der Waals surface area contributed by atoms with Crippen LogP contribution in [0.15, 0.2) is 79.3 Å². The molecule has 3 nitrogen and oxygen atoms in total. The Morgan fingerprint density at radius 1 is 0.800 bits per heavy atom. The highest BCUT2D eigenvalue weighted by Gasteiger charge is 2.14. The summed E-state index contributed by atoms with van der Waals surface area (Å²) in [7, 11) is 0. The summed E-state index contributed by atoms with van der Waals surface area (Å²) >= 11 is 0. The van der Waals surface area contributed by atoms with Gasteiger partial charge in [-0.1, -0.05) is 42.5 Å². The van der Waals surface area contributed by atoms with Gasteiger partial charge in [0.25, 0.3) is 0 Å². The van der Waals surface area contributed by atoms with E-state index >= 15 is 0 Å². The van der Waals surface area contributed by atoms with Crippen molar-refractivity contribution < 1.29 is 4.39 Å². The Balaban J connectivity index is 1.86. The minimum atomic E-state index is -0.251. The van der Waals surface area contributed by atoms with Gasteiger partial charge in [0.05, 0.1) is 5.69 Å². The van der Waals surface area contributed by atoms with Gasteiger partial charge in [0.2, 0.25) is 0 Å². The normalized spacial score (nSPS) is 10.8. The highest BCUT2D eigenvalue weighted by Crippen LogP contribution is 2.34. The third-order valence-corrected chi connectivity index (χ3v) is 4.14. The fourth-order valence-electron chi connectivity index (χ4n) is 2.99. The highest BCUT2D eigenvalue weighted by atomic mass is 19.1. The lowest BCUT2D eigenvalue weighted by Crippen LogP contribution is -1.98. The van der Waals surface area contributed by atoms with Crippen molar-refractivity contribution in [3.63, 3.8) is 0 Å². The molecule has 0 atom stereocenters. The van der Waals surface area contributed by atoms with E-state index in [1.54, 1.807) is 24.7 Å². The number of rotatable bonds is 4. The number of pyridine rings is 1. The summed E-state index contributed by atoms with van der Waals surface area (Å²) in [5, 5.41) is 0.